The summed E-state index contributed by atoms with van der Waals surface area (Å²) in [5, 5.41) is 11.5. The van der Waals surface area contributed by atoms with E-state index in [1.165, 1.54) is 6.08 Å². The van der Waals surface area contributed by atoms with Crippen molar-refractivity contribution in [3.8, 4) is 0 Å². The summed E-state index contributed by atoms with van der Waals surface area (Å²) in [6, 6.07) is 0. The van der Waals surface area contributed by atoms with E-state index in [0.717, 1.165) is 0 Å². The van der Waals surface area contributed by atoms with E-state index < -0.39 is 11.4 Å². The lowest BCUT2D eigenvalue weighted by atomic mass is 9.88. The van der Waals surface area contributed by atoms with Crippen LogP contribution in [0.15, 0.2) is 12.7 Å². The zero-order chi connectivity index (χ0) is 11.2. The Labute approximate surface area is 84.0 Å². The molecule has 0 aliphatic rings. The van der Waals surface area contributed by atoms with Crippen molar-refractivity contribution < 1.29 is 14.7 Å². The van der Waals surface area contributed by atoms with Gasteiger partial charge in [0.1, 0.15) is 0 Å². The van der Waals surface area contributed by atoms with Crippen LogP contribution in [0.4, 0.5) is 0 Å². The molecule has 0 spiro atoms. The normalized spacial score (nSPS) is 14.1. The summed E-state index contributed by atoms with van der Waals surface area (Å²) >= 11 is 0. The van der Waals surface area contributed by atoms with E-state index in [0.29, 0.717) is 6.42 Å². The SMILES string of the molecule is C=CCC(=O)NCC(C)(CC)C(=O)O. The Morgan fingerprint density at radius 1 is 1.57 bits per heavy atom. The van der Waals surface area contributed by atoms with Crippen molar-refractivity contribution in [2.24, 2.45) is 5.41 Å². The van der Waals surface area contributed by atoms with Crippen LogP contribution >= 0.6 is 0 Å². The zero-order valence-electron chi connectivity index (χ0n) is 8.67. The Hall–Kier alpha value is -1.32. The number of carbonyl (C=O) groups is 2. The van der Waals surface area contributed by atoms with Crippen LogP contribution in [0.1, 0.15) is 26.7 Å². The molecule has 0 fully saturated rings. The number of nitrogens with one attached hydrogen (secondary N) is 1. The van der Waals surface area contributed by atoms with Crippen LogP contribution in [-0.4, -0.2) is 23.5 Å². The third-order valence-corrected chi connectivity index (χ3v) is 2.30. The first-order valence-electron chi connectivity index (χ1n) is 4.57. The minimum atomic E-state index is -0.890. The summed E-state index contributed by atoms with van der Waals surface area (Å²) in [5.74, 6) is -1.08. The van der Waals surface area contributed by atoms with Crippen molar-refractivity contribution in [1.29, 1.82) is 0 Å². The minimum Gasteiger partial charge on any atom is -0.481 e. The zero-order valence-corrected chi connectivity index (χ0v) is 8.67. The van der Waals surface area contributed by atoms with Crippen LogP contribution in [0.2, 0.25) is 0 Å². The number of rotatable bonds is 6. The molecule has 0 saturated heterocycles. The lowest BCUT2D eigenvalue weighted by molar-refractivity contribution is -0.148. The van der Waals surface area contributed by atoms with Crippen molar-refractivity contribution in [3.63, 3.8) is 0 Å². The van der Waals surface area contributed by atoms with Crippen molar-refractivity contribution in [3.05, 3.63) is 12.7 Å². The Kier molecular flexibility index (Phi) is 4.91. The van der Waals surface area contributed by atoms with E-state index in [2.05, 4.69) is 11.9 Å². The molecule has 1 amide bonds. The molecule has 14 heavy (non-hydrogen) atoms. The molecule has 1 atom stereocenters. The first-order chi connectivity index (χ1) is 6.46. The Morgan fingerprint density at radius 3 is 2.50 bits per heavy atom. The molecule has 80 valence electrons. The van der Waals surface area contributed by atoms with Gasteiger partial charge in [0.15, 0.2) is 0 Å². The van der Waals surface area contributed by atoms with Crippen LogP contribution in [0.5, 0.6) is 0 Å². The average Bonchev–Trinajstić information content (AvgIpc) is 2.14. The number of amides is 1. The molecule has 0 heterocycles. The summed E-state index contributed by atoms with van der Waals surface area (Å²) in [4.78, 5) is 21.9. The summed E-state index contributed by atoms with van der Waals surface area (Å²) in [6.45, 7) is 6.98. The predicted molar refractivity (Wildman–Crippen MR) is 53.9 cm³/mol. The van der Waals surface area contributed by atoms with Gasteiger partial charge in [-0.25, -0.2) is 0 Å². The highest BCUT2D eigenvalue weighted by molar-refractivity contribution is 5.79. The third-order valence-electron chi connectivity index (χ3n) is 2.30. The second-order valence-corrected chi connectivity index (χ2v) is 3.49. The lowest BCUT2D eigenvalue weighted by Gasteiger charge is -2.22. The van der Waals surface area contributed by atoms with Gasteiger partial charge < -0.3 is 10.4 Å². The van der Waals surface area contributed by atoms with Gasteiger partial charge in [-0.05, 0) is 13.3 Å². The highest BCUT2D eigenvalue weighted by atomic mass is 16.4. The number of hydrogen-bond acceptors (Lipinski definition) is 2. The number of hydrogen-bond donors (Lipinski definition) is 2. The molecule has 0 aromatic heterocycles. The Bertz CT molecular complexity index is 238. The summed E-state index contributed by atoms with van der Waals surface area (Å²) in [7, 11) is 0. The van der Waals surface area contributed by atoms with E-state index in [1.807, 2.05) is 0 Å². The maximum atomic E-state index is 11.1. The fraction of sp³-hybridized carbons (Fsp3) is 0.600. The van der Waals surface area contributed by atoms with Gasteiger partial charge in [-0.3, -0.25) is 9.59 Å². The first kappa shape index (κ1) is 12.7. The fourth-order valence-electron chi connectivity index (χ4n) is 0.849. The Balaban J connectivity index is 4.14. The van der Waals surface area contributed by atoms with E-state index in [1.54, 1.807) is 13.8 Å². The Morgan fingerprint density at radius 2 is 2.14 bits per heavy atom. The predicted octanol–water partition coefficient (Wildman–Crippen LogP) is 1.18. The molecule has 0 bridgehead atoms. The molecule has 4 heteroatoms. The fourth-order valence-corrected chi connectivity index (χ4v) is 0.849. The van der Waals surface area contributed by atoms with Crippen molar-refractivity contribution in [2.45, 2.75) is 26.7 Å². The lowest BCUT2D eigenvalue weighted by Crippen LogP contribution is -2.40. The quantitative estimate of drug-likeness (QED) is 0.631. The van der Waals surface area contributed by atoms with Gasteiger partial charge in [0.2, 0.25) is 5.91 Å². The maximum Gasteiger partial charge on any atom is 0.311 e. The summed E-state index contributed by atoms with van der Waals surface area (Å²) in [6.07, 6.45) is 2.19. The van der Waals surface area contributed by atoms with E-state index >= 15 is 0 Å². The van der Waals surface area contributed by atoms with Gasteiger partial charge >= 0.3 is 5.97 Å². The molecule has 4 nitrogen and oxygen atoms in total. The van der Waals surface area contributed by atoms with Crippen molar-refractivity contribution in [1.82, 2.24) is 5.32 Å². The standard InChI is InChI=1S/C10H17NO3/c1-4-6-8(12)11-7-10(3,5-2)9(13)14/h4H,1,5-7H2,2-3H3,(H,11,12)(H,13,14). The van der Waals surface area contributed by atoms with Crippen LogP contribution in [0.3, 0.4) is 0 Å². The molecule has 0 saturated carbocycles. The average molecular weight is 199 g/mol. The smallest absolute Gasteiger partial charge is 0.311 e. The number of carbonyl (C=O) groups excluding carboxylic acids is 1. The topological polar surface area (TPSA) is 66.4 Å². The number of carboxylic acid groups (broad SMARTS) is 1. The van der Waals surface area contributed by atoms with Gasteiger partial charge in [-0.2, -0.15) is 0 Å². The van der Waals surface area contributed by atoms with Crippen molar-refractivity contribution in [2.75, 3.05) is 6.54 Å². The second kappa shape index (κ2) is 5.42. The van der Waals surface area contributed by atoms with Gasteiger partial charge in [0, 0.05) is 13.0 Å². The summed E-state index contributed by atoms with van der Waals surface area (Å²) < 4.78 is 0. The van der Waals surface area contributed by atoms with Crippen LogP contribution in [0, 0.1) is 5.41 Å². The van der Waals surface area contributed by atoms with E-state index in [9.17, 15) is 9.59 Å². The molecular weight excluding hydrogens is 182 g/mol. The van der Waals surface area contributed by atoms with Crippen LogP contribution in [-0.2, 0) is 9.59 Å². The maximum absolute atomic E-state index is 11.1. The molecule has 0 rings (SSSR count). The molecule has 0 aliphatic heterocycles. The molecule has 0 aromatic rings. The van der Waals surface area contributed by atoms with E-state index in [-0.39, 0.29) is 18.9 Å². The van der Waals surface area contributed by atoms with Gasteiger partial charge in [0.25, 0.3) is 0 Å². The summed E-state index contributed by atoms with van der Waals surface area (Å²) in [5.41, 5.74) is -0.878. The number of aliphatic carboxylic acids is 1. The highest BCUT2D eigenvalue weighted by Crippen LogP contribution is 2.19. The number of carboxylic acids is 1. The monoisotopic (exact) mass is 199 g/mol. The van der Waals surface area contributed by atoms with E-state index in [4.69, 9.17) is 5.11 Å². The van der Waals surface area contributed by atoms with Gasteiger partial charge in [-0.15, -0.1) is 6.58 Å². The second-order valence-electron chi connectivity index (χ2n) is 3.49. The third kappa shape index (κ3) is 3.60. The van der Waals surface area contributed by atoms with Crippen LogP contribution in [0.25, 0.3) is 0 Å². The van der Waals surface area contributed by atoms with Gasteiger partial charge in [0.05, 0.1) is 5.41 Å². The van der Waals surface area contributed by atoms with Gasteiger partial charge in [-0.1, -0.05) is 13.0 Å². The molecular formula is C10H17NO3. The molecule has 2 N–H and O–H groups in total. The molecule has 0 aliphatic carbocycles. The van der Waals surface area contributed by atoms with Crippen LogP contribution < -0.4 is 5.32 Å². The first-order valence-corrected chi connectivity index (χ1v) is 4.57. The molecule has 1 unspecified atom stereocenters. The molecule has 0 aromatic carbocycles. The van der Waals surface area contributed by atoms with Crippen molar-refractivity contribution >= 4 is 11.9 Å². The highest BCUT2D eigenvalue weighted by Gasteiger charge is 2.31. The minimum absolute atomic E-state index is 0.158. The molecule has 0 radical (unpaired) electrons. The largest absolute Gasteiger partial charge is 0.481 e.